The molecule has 2 fully saturated rings. The third-order valence-electron chi connectivity index (χ3n) is 8.52. The highest BCUT2D eigenvalue weighted by Gasteiger charge is 2.59. The van der Waals surface area contributed by atoms with E-state index in [9.17, 15) is 14.7 Å². The molecule has 0 amide bonds. The summed E-state index contributed by atoms with van der Waals surface area (Å²) in [5.74, 6) is -0.440. The van der Waals surface area contributed by atoms with Gasteiger partial charge in [-0.1, -0.05) is 24.6 Å². The van der Waals surface area contributed by atoms with Crippen molar-refractivity contribution in [2.75, 3.05) is 27.8 Å². The van der Waals surface area contributed by atoms with Gasteiger partial charge < -0.3 is 33.5 Å². The summed E-state index contributed by atoms with van der Waals surface area (Å²) in [6, 6.07) is 7.34. The Balaban J connectivity index is 1.50. The number of methoxy groups -OCH3 is 2. The lowest BCUT2D eigenvalue weighted by Gasteiger charge is -2.36. The molecule has 1 saturated heterocycles. The number of aliphatic hydroxyl groups excluding tert-OH is 1. The van der Waals surface area contributed by atoms with Crippen LogP contribution in [0.3, 0.4) is 0 Å². The Hall–Kier alpha value is -3.76. The van der Waals surface area contributed by atoms with Crippen molar-refractivity contribution >= 4 is 17.3 Å². The van der Waals surface area contributed by atoms with Crippen LogP contribution in [0.2, 0.25) is 0 Å². The molecule has 0 radical (unpaired) electrons. The molecular formula is C33H34O9. The van der Waals surface area contributed by atoms with E-state index in [1.807, 2.05) is 27.7 Å². The molecular weight excluding hydrogens is 540 g/mol. The quantitative estimate of drug-likeness (QED) is 0.408. The van der Waals surface area contributed by atoms with E-state index < -0.39 is 23.8 Å². The first-order valence-electron chi connectivity index (χ1n) is 13.9. The summed E-state index contributed by atoms with van der Waals surface area (Å²) in [5, 5.41) is 11.7. The molecule has 0 spiro atoms. The predicted molar refractivity (Wildman–Crippen MR) is 152 cm³/mol. The number of ether oxygens (including phenoxy) is 6. The Bertz CT molecular complexity index is 1590. The summed E-state index contributed by atoms with van der Waals surface area (Å²) in [7, 11) is 2.94. The number of hydrogen-bond acceptors (Lipinski definition) is 9. The van der Waals surface area contributed by atoms with Gasteiger partial charge in [0.05, 0.1) is 11.1 Å². The highest BCUT2D eigenvalue weighted by molar-refractivity contribution is 6.26. The fourth-order valence-corrected chi connectivity index (χ4v) is 6.76. The fourth-order valence-electron chi connectivity index (χ4n) is 6.76. The minimum atomic E-state index is -0.916. The van der Waals surface area contributed by atoms with Crippen LogP contribution >= 0.6 is 0 Å². The molecule has 2 aromatic rings. The average molecular weight is 575 g/mol. The van der Waals surface area contributed by atoms with Crippen LogP contribution in [0.1, 0.15) is 64.2 Å². The Labute approximate surface area is 244 Å². The second-order valence-electron chi connectivity index (χ2n) is 11.2. The first-order valence-corrected chi connectivity index (χ1v) is 13.9. The third kappa shape index (κ3) is 4.14. The molecule has 9 nitrogen and oxygen atoms in total. The van der Waals surface area contributed by atoms with Gasteiger partial charge in [0.15, 0.2) is 31.4 Å². The Morgan fingerprint density at radius 2 is 1.57 bits per heavy atom. The largest absolute Gasteiger partial charge is 0.507 e. The molecule has 1 saturated carbocycles. The van der Waals surface area contributed by atoms with E-state index in [-0.39, 0.29) is 70.9 Å². The van der Waals surface area contributed by atoms with E-state index in [1.54, 1.807) is 18.2 Å². The monoisotopic (exact) mass is 574 g/mol. The number of aliphatic hydroxyl groups is 1. The smallest absolute Gasteiger partial charge is 0.199 e. The van der Waals surface area contributed by atoms with E-state index in [4.69, 9.17) is 28.4 Å². The molecule has 4 aliphatic rings. The lowest BCUT2D eigenvalue weighted by Crippen LogP contribution is -2.47. The van der Waals surface area contributed by atoms with Gasteiger partial charge in [0.2, 0.25) is 0 Å². The zero-order chi connectivity index (χ0) is 29.9. The number of Topliss-reactive ketones (excluding diaryl/α,β-unsaturated/α-hetero) is 2. The first kappa shape index (κ1) is 28.4. The maximum absolute atomic E-state index is 14.2. The number of ketones is 2. The lowest BCUT2D eigenvalue weighted by atomic mass is 9.73. The van der Waals surface area contributed by atoms with E-state index in [2.05, 4.69) is 12.1 Å². The van der Waals surface area contributed by atoms with Gasteiger partial charge in [0.1, 0.15) is 29.0 Å². The van der Waals surface area contributed by atoms with Gasteiger partial charge in [-0.2, -0.15) is 0 Å². The van der Waals surface area contributed by atoms with E-state index >= 15 is 0 Å². The van der Waals surface area contributed by atoms with Crippen molar-refractivity contribution in [3.05, 3.63) is 86.0 Å². The van der Waals surface area contributed by atoms with Gasteiger partial charge in [0.25, 0.3) is 0 Å². The number of benzene rings is 2. The Morgan fingerprint density at radius 3 is 2.17 bits per heavy atom. The van der Waals surface area contributed by atoms with Crippen LogP contribution in [-0.4, -0.2) is 56.2 Å². The van der Waals surface area contributed by atoms with Crippen molar-refractivity contribution < 1.29 is 43.1 Å². The van der Waals surface area contributed by atoms with E-state index in [0.29, 0.717) is 12.0 Å². The number of carbonyl (C=O) groups excluding carboxylic acids is 2. The van der Waals surface area contributed by atoms with Crippen LogP contribution in [0.4, 0.5) is 0 Å². The van der Waals surface area contributed by atoms with Gasteiger partial charge in [-0.15, -0.1) is 0 Å². The molecule has 9 heteroatoms. The van der Waals surface area contributed by atoms with Crippen LogP contribution in [0.15, 0.2) is 52.6 Å². The zero-order valence-corrected chi connectivity index (χ0v) is 24.6. The van der Waals surface area contributed by atoms with Gasteiger partial charge in [-0.3, -0.25) is 9.59 Å². The van der Waals surface area contributed by atoms with E-state index in [1.165, 1.54) is 14.2 Å². The van der Waals surface area contributed by atoms with E-state index in [0.717, 1.165) is 22.3 Å². The second-order valence-corrected chi connectivity index (χ2v) is 11.2. The maximum Gasteiger partial charge on any atom is 0.199 e. The zero-order valence-electron chi connectivity index (χ0n) is 24.6. The summed E-state index contributed by atoms with van der Waals surface area (Å²) in [6.45, 7) is 7.85. The Kier molecular flexibility index (Phi) is 7.09. The summed E-state index contributed by atoms with van der Waals surface area (Å²) in [4.78, 5) is 28.1. The van der Waals surface area contributed by atoms with Crippen molar-refractivity contribution in [1.82, 2.24) is 0 Å². The lowest BCUT2D eigenvalue weighted by molar-refractivity contribution is -0.127. The molecule has 1 aliphatic heterocycles. The van der Waals surface area contributed by atoms with Crippen LogP contribution < -0.4 is 9.47 Å². The SMILES string of the molecule is CC[C@]12CC(=O)C3=C4C(=O)c5c(OCOC)ccc(OCOC)c5C(O)=C4C=C3[C@H]1OC(c1c(C)cc(C)cc1C)O2. The van der Waals surface area contributed by atoms with Crippen molar-refractivity contribution in [3.8, 4) is 11.5 Å². The molecule has 6 rings (SSSR count). The minimum Gasteiger partial charge on any atom is -0.507 e. The number of rotatable bonds is 8. The highest BCUT2D eigenvalue weighted by atomic mass is 16.7. The number of allylic oxidation sites excluding steroid dienone is 3. The molecule has 3 atom stereocenters. The number of carbonyl (C=O) groups is 2. The van der Waals surface area contributed by atoms with Crippen molar-refractivity contribution in [2.45, 2.75) is 58.5 Å². The predicted octanol–water partition coefficient (Wildman–Crippen LogP) is 5.52. The van der Waals surface area contributed by atoms with Crippen LogP contribution in [0, 0.1) is 20.8 Å². The molecule has 2 aromatic carbocycles. The molecule has 220 valence electrons. The normalized spacial score (nSPS) is 24.4. The number of aryl methyl sites for hydroxylation is 3. The second kappa shape index (κ2) is 10.5. The van der Waals surface area contributed by atoms with Gasteiger partial charge >= 0.3 is 0 Å². The highest BCUT2D eigenvalue weighted by Crippen LogP contribution is 2.56. The summed E-state index contributed by atoms with van der Waals surface area (Å²) in [6.07, 6.45) is 0.949. The van der Waals surface area contributed by atoms with Crippen molar-refractivity contribution in [1.29, 1.82) is 0 Å². The summed E-state index contributed by atoms with van der Waals surface area (Å²) in [5.41, 5.74) is 4.67. The molecule has 1 unspecified atom stereocenters. The molecule has 3 aliphatic carbocycles. The number of fused-ring (bicyclic) bond motifs is 5. The van der Waals surface area contributed by atoms with Crippen molar-refractivity contribution in [2.24, 2.45) is 0 Å². The van der Waals surface area contributed by atoms with Crippen LogP contribution in [0.25, 0.3) is 5.76 Å². The molecule has 42 heavy (non-hydrogen) atoms. The molecule has 1 N–H and O–H groups in total. The molecule has 0 aromatic heterocycles. The average Bonchev–Trinajstić information content (AvgIpc) is 3.53. The summed E-state index contributed by atoms with van der Waals surface area (Å²) >= 11 is 0. The van der Waals surface area contributed by atoms with Gasteiger partial charge in [-0.25, -0.2) is 0 Å². The minimum absolute atomic E-state index is 0.0446. The van der Waals surface area contributed by atoms with Gasteiger partial charge in [-0.05, 0) is 62.1 Å². The van der Waals surface area contributed by atoms with Gasteiger partial charge in [0, 0.05) is 42.9 Å². The summed E-state index contributed by atoms with van der Waals surface area (Å²) < 4.78 is 34.8. The first-order chi connectivity index (χ1) is 20.2. The standard InChI is InChI=1S/C33H34O9/c1-7-33-13-21(34)25-20(31(33)41-32(42-33)24-17(3)10-16(2)11-18(24)4)12-19-26(25)30(36)28-23(40-15-38-6)9-8-22(39-14-37-5)27(28)29(19)35/h8-12,31-32,35H,7,13-15H2,1-6H3/t31-,32?,33+/m1/s1. The van der Waals surface area contributed by atoms with Crippen LogP contribution in [0.5, 0.6) is 11.5 Å². The fraction of sp³-hybridized carbons (Fsp3) is 0.394. The molecule has 0 bridgehead atoms. The molecule has 1 heterocycles. The third-order valence-corrected chi connectivity index (χ3v) is 8.52. The van der Waals surface area contributed by atoms with Crippen LogP contribution in [-0.2, 0) is 23.7 Å². The maximum atomic E-state index is 14.2. The number of hydrogen-bond donors (Lipinski definition) is 1. The topological polar surface area (TPSA) is 110 Å². The Morgan fingerprint density at radius 1 is 0.952 bits per heavy atom. The van der Waals surface area contributed by atoms with Crippen molar-refractivity contribution in [3.63, 3.8) is 0 Å².